The Labute approximate surface area is 225 Å². The number of ether oxygens (including phenoxy) is 2. The number of nitrogens with one attached hydrogen (secondary N) is 1. The van der Waals surface area contributed by atoms with E-state index in [2.05, 4.69) is 18.3 Å². The van der Waals surface area contributed by atoms with Gasteiger partial charge in [0.1, 0.15) is 6.04 Å². The minimum absolute atomic E-state index is 0.0339. The summed E-state index contributed by atoms with van der Waals surface area (Å²) in [6, 6.07) is 23.5. The molecule has 0 aromatic heterocycles. The predicted octanol–water partition coefficient (Wildman–Crippen LogP) is 5.36. The molecule has 6 nitrogen and oxygen atoms in total. The molecule has 0 unspecified atom stereocenters. The lowest BCUT2D eigenvalue weighted by molar-refractivity contribution is -0.141. The lowest BCUT2D eigenvalue weighted by Crippen LogP contribution is -2.52. The normalized spacial score (nSPS) is 15.3. The van der Waals surface area contributed by atoms with E-state index in [1.807, 2.05) is 66.7 Å². The molecule has 1 N–H and O–H groups in total. The van der Waals surface area contributed by atoms with E-state index in [0.717, 1.165) is 53.7 Å². The fourth-order valence-corrected chi connectivity index (χ4v) is 5.38. The van der Waals surface area contributed by atoms with Gasteiger partial charge in [0.2, 0.25) is 18.6 Å². The summed E-state index contributed by atoms with van der Waals surface area (Å²) in [5.74, 6) is 1.34. The summed E-state index contributed by atoms with van der Waals surface area (Å²) >= 11 is 0. The van der Waals surface area contributed by atoms with Crippen molar-refractivity contribution < 1.29 is 19.1 Å². The van der Waals surface area contributed by atoms with E-state index in [1.165, 1.54) is 0 Å². The van der Waals surface area contributed by atoms with Crippen molar-refractivity contribution in [2.24, 2.45) is 0 Å². The molecule has 3 aromatic carbocycles. The third-order valence-corrected chi connectivity index (χ3v) is 7.64. The Hall–Kier alpha value is -3.80. The minimum Gasteiger partial charge on any atom is -0.454 e. The number of nitrogens with zero attached hydrogens (tertiary/aromatic N) is 1. The second-order valence-corrected chi connectivity index (χ2v) is 10.3. The van der Waals surface area contributed by atoms with E-state index < -0.39 is 6.04 Å². The van der Waals surface area contributed by atoms with Crippen LogP contribution in [0.15, 0.2) is 72.8 Å². The van der Waals surface area contributed by atoms with Crippen molar-refractivity contribution in [2.75, 3.05) is 6.79 Å². The number of hydrogen-bond acceptors (Lipinski definition) is 4. The second-order valence-electron chi connectivity index (χ2n) is 10.3. The zero-order chi connectivity index (χ0) is 26.3. The first-order valence-corrected chi connectivity index (χ1v) is 13.6. The first-order valence-electron chi connectivity index (χ1n) is 13.6. The highest BCUT2D eigenvalue weighted by Gasteiger charge is 2.32. The number of amides is 2. The molecule has 198 valence electrons. The fraction of sp³-hybridized carbons (Fsp3) is 0.375. The molecule has 1 heterocycles. The van der Waals surface area contributed by atoms with Gasteiger partial charge in [-0.25, -0.2) is 0 Å². The number of aryl methyl sites for hydroxylation is 2. The summed E-state index contributed by atoms with van der Waals surface area (Å²) < 4.78 is 10.9. The fourth-order valence-electron chi connectivity index (χ4n) is 5.38. The molecule has 2 amide bonds. The molecule has 0 spiro atoms. The van der Waals surface area contributed by atoms with Crippen LogP contribution in [0.2, 0.25) is 0 Å². The molecule has 5 rings (SSSR count). The van der Waals surface area contributed by atoms with Crippen molar-refractivity contribution in [3.05, 3.63) is 95.1 Å². The summed E-state index contributed by atoms with van der Waals surface area (Å²) in [6.07, 6.45) is 5.60. The molecule has 2 aliphatic rings. The number of rotatable bonds is 10. The summed E-state index contributed by atoms with van der Waals surface area (Å²) in [5.41, 5.74) is 4.21. The number of carbonyl (C=O) groups excluding carboxylic acids is 2. The zero-order valence-corrected chi connectivity index (χ0v) is 22.0. The third kappa shape index (κ3) is 6.36. The topological polar surface area (TPSA) is 67.9 Å². The van der Waals surface area contributed by atoms with Crippen LogP contribution in [-0.4, -0.2) is 35.6 Å². The van der Waals surface area contributed by atoms with E-state index >= 15 is 0 Å². The van der Waals surface area contributed by atoms with Crippen LogP contribution >= 0.6 is 0 Å². The number of fused-ring (bicyclic) bond motifs is 1. The van der Waals surface area contributed by atoms with Gasteiger partial charge in [0.25, 0.3) is 0 Å². The summed E-state index contributed by atoms with van der Waals surface area (Å²) in [6.45, 7) is 2.66. The number of carbonyl (C=O) groups is 2. The second kappa shape index (κ2) is 12.2. The van der Waals surface area contributed by atoms with Gasteiger partial charge >= 0.3 is 0 Å². The molecule has 1 fully saturated rings. The molecule has 0 radical (unpaired) electrons. The molecule has 1 atom stereocenters. The lowest BCUT2D eigenvalue weighted by Gasteiger charge is -2.33. The highest BCUT2D eigenvalue weighted by atomic mass is 16.7. The third-order valence-electron chi connectivity index (χ3n) is 7.64. The van der Waals surface area contributed by atoms with Crippen LogP contribution in [0, 0.1) is 6.92 Å². The van der Waals surface area contributed by atoms with Gasteiger partial charge in [0, 0.05) is 25.4 Å². The Morgan fingerprint density at radius 1 is 0.921 bits per heavy atom. The van der Waals surface area contributed by atoms with Gasteiger partial charge in [0.05, 0.1) is 0 Å². The summed E-state index contributed by atoms with van der Waals surface area (Å²) in [5, 5.41) is 3.27. The van der Waals surface area contributed by atoms with Crippen molar-refractivity contribution >= 4 is 11.8 Å². The molecule has 1 saturated carbocycles. The van der Waals surface area contributed by atoms with Crippen molar-refractivity contribution in [2.45, 2.75) is 70.5 Å². The molecule has 1 aliphatic heterocycles. The average Bonchev–Trinajstić information content (AvgIpc) is 3.62. The van der Waals surface area contributed by atoms with Gasteiger partial charge in [-0.2, -0.15) is 0 Å². The SMILES string of the molecule is Cc1ccccc1CN(C(=O)CCc1ccc2c(c1)OCO2)[C@@H](Cc1ccccc1)C(=O)NC1CCCC1. The first-order chi connectivity index (χ1) is 18.6. The number of benzene rings is 3. The number of hydrogen-bond donors (Lipinski definition) is 1. The van der Waals surface area contributed by atoms with Crippen molar-refractivity contribution in [3.8, 4) is 11.5 Å². The van der Waals surface area contributed by atoms with Crippen LogP contribution in [0.25, 0.3) is 0 Å². The average molecular weight is 513 g/mol. The van der Waals surface area contributed by atoms with Gasteiger partial charge in [-0.15, -0.1) is 0 Å². The standard InChI is InChI=1S/C32H36N2O4/c1-23-9-5-6-12-26(23)21-34(31(35)18-16-25-15-17-29-30(20-25)38-22-37-29)28(19-24-10-3-2-4-11-24)32(36)33-27-13-7-8-14-27/h2-6,9-12,15,17,20,27-28H,7-8,13-14,16,18-19,21-22H2,1H3,(H,33,36)/t28-/m0/s1. The maximum Gasteiger partial charge on any atom is 0.243 e. The van der Waals surface area contributed by atoms with E-state index in [-0.39, 0.29) is 24.6 Å². The van der Waals surface area contributed by atoms with E-state index in [9.17, 15) is 9.59 Å². The Kier molecular flexibility index (Phi) is 8.27. The molecule has 1 aliphatic carbocycles. The van der Waals surface area contributed by atoms with Gasteiger partial charge in [-0.05, 0) is 60.6 Å². The Morgan fingerprint density at radius 2 is 1.66 bits per heavy atom. The monoisotopic (exact) mass is 512 g/mol. The maximum absolute atomic E-state index is 13.9. The van der Waals surface area contributed by atoms with Crippen LogP contribution < -0.4 is 14.8 Å². The van der Waals surface area contributed by atoms with Crippen LogP contribution in [0.4, 0.5) is 0 Å². The quantitative estimate of drug-likeness (QED) is 0.397. The summed E-state index contributed by atoms with van der Waals surface area (Å²) in [4.78, 5) is 29.5. The van der Waals surface area contributed by atoms with Gasteiger partial charge in [0.15, 0.2) is 11.5 Å². The minimum atomic E-state index is -0.595. The van der Waals surface area contributed by atoms with Crippen LogP contribution in [0.1, 0.15) is 54.4 Å². The predicted molar refractivity (Wildman–Crippen MR) is 147 cm³/mol. The smallest absolute Gasteiger partial charge is 0.243 e. The Balaban J connectivity index is 1.40. The molecular weight excluding hydrogens is 476 g/mol. The van der Waals surface area contributed by atoms with E-state index in [0.29, 0.717) is 31.6 Å². The molecule has 38 heavy (non-hydrogen) atoms. The van der Waals surface area contributed by atoms with E-state index in [4.69, 9.17) is 9.47 Å². The Bertz CT molecular complexity index is 1250. The summed E-state index contributed by atoms with van der Waals surface area (Å²) in [7, 11) is 0. The van der Waals surface area contributed by atoms with Crippen LogP contribution in [0.3, 0.4) is 0 Å². The Morgan fingerprint density at radius 3 is 2.45 bits per heavy atom. The van der Waals surface area contributed by atoms with Gasteiger partial charge < -0.3 is 19.7 Å². The molecule has 0 saturated heterocycles. The maximum atomic E-state index is 13.9. The largest absolute Gasteiger partial charge is 0.454 e. The molecule has 0 bridgehead atoms. The van der Waals surface area contributed by atoms with Crippen molar-refractivity contribution in [3.63, 3.8) is 0 Å². The van der Waals surface area contributed by atoms with Crippen LogP contribution in [-0.2, 0) is 29.0 Å². The van der Waals surface area contributed by atoms with Gasteiger partial charge in [-0.1, -0.05) is 73.5 Å². The van der Waals surface area contributed by atoms with Crippen LogP contribution in [0.5, 0.6) is 11.5 Å². The van der Waals surface area contributed by atoms with Crippen molar-refractivity contribution in [1.82, 2.24) is 10.2 Å². The highest BCUT2D eigenvalue weighted by molar-refractivity contribution is 5.88. The first kappa shape index (κ1) is 25.8. The molecule has 6 heteroatoms. The van der Waals surface area contributed by atoms with Crippen molar-refractivity contribution in [1.29, 1.82) is 0 Å². The molecular formula is C32H36N2O4. The van der Waals surface area contributed by atoms with Gasteiger partial charge in [-0.3, -0.25) is 9.59 Å². The lowest BCUT2D eigenvalue weighted by atomic mass is 10.00. The van der Waals surface area contributed by atoms with E-state index in [1.54, 1.807) is 4.90 Å². The zero-order valence-electron chi connectivity index (χ0n) is 22.0. The highest BCUT2D eigenvalue weighted by Crippen LogP contribution is 2.33. The molecule has 3 aromatic rings.